The number of rotatable bonds is 8. The molecule has 4 heteroatoms. The Balaban J connectivity index is 1.99. The minimum atomic E-state index is 0.684. The number of benzene rings is 1. The van der Waals surface area contributed by atoms with Crippen molar-refractivity contribution in [3.8, 4) is 11.5 Å². The molecule has 1 aromatic carbocycles. The number of nitrogens with one attached hydrogen (secondary N) is 1. The van der Waals surface area contributed by atoms with Gasteiger partial charge in [-0.25, -0.2) is 0 Å². The van der Waals surface area contributed by atoms with Crippen molar-refractivity contribution in [2.75, 3.05) is 20.3 Å². The maximum absolute atomic E-state index is 5.93. The van der Waals surface area contributed by atoms with Crippen molar-refractivity contribution in [3.05, 3.63) is 46.2 Å². The molecule has 0 radical (unpaired) electrons. The van der Waals surface area contributed by atoms with Crippen LogP contribution in [-0.2, 0) is 13.0 Å². The lowest BCUT2D eigenvalue weighted by Crippen LogP contribution is -2.13. The summed E-state index contributed by atoms with van der Waals surface area (Å²) in [5, 5.41) is 7.58. The van der Waals surface area contributed by atoms with Crippen LogP contribution in [0, 0.1) is 0 Å². The third-order valence-electron chi connectivity index (χ3n) is 3.07. The maximum atomic E-state index is 5.93. The van der Waals surface area contributed by atoms with Gasteiger partial charge in [0.05, 0.1) is 13.7 Å². The number of hydrogen-bond donors (Lipinski definition) is 1. The first-order valence-corrected chi connectivity index (χ1v) is 7.79. The Hall–Kier alpha value is -1.52. The molecule has 1 N–H and O–H groups in total. The molecule has 20 heavy (non-hydrogen) atoms. The van der Waals surface area contributed by atoms with Crippen LogP contribution in [0.15, 0.2) is 35.0 Å². The molecule has 2 aromatic rings. The molecule has 0 spiro atoms. The van der Waals surface area contributed by atoms with E-state index in [1.807, 2.05) is 12.1 Å². The molecule has 0 atom stereocenters. The van der Waals surface area contributed by atoms with Crippen molar-refractivity contribution < 1.29 is 9.47 Å². The van der Waals surface area contributed by atoms with Crippen molar-refractivity contribution in [2.24, 2.45) is 0 Å². The Morgan fingerprint density at radius 2 is 2.15 bits per heavy atom. The van der Waals surface area contributed by atoms with E-state index >= 15 is 0 Å². The molecule has 0 saturated heterocycles. The standard InChI is InChI=1S/C16H21NO2S/c1-3-17-11-14-4-5-15(18-2)10-16(14)19-8-6-13-7-9-20-12-13/h4-5,7,9-10,12,17H,3,6,8,11H2,1-2H3. The van der Waals surface area contributed by atoms with Gasteiger partial charge in [-0.15, -0.1) is 0 Å². The van der Waals surface area contributed by atoms with E-state index in [0.29, 0.717) is 6.61 Å². The predicted octanol–water partition coefficient (Wildman–Crippen LogP) is 3.49. The second kappa shape index (κ2) is 7.92. The molecule has 0 aliphatic rings. The lowest BCUT2D eigenvalue weighted by Gasteiger charge is -2.13. The highest BCUT2D eigenvalue weighted by Crippen LogP contribution is 2.25. The highest BCUT2D eigenvalue weighted by atomic mass is 32.1. The maximum Gasteiger partial charge on any atom is 0.127 e. The van der Waals surface area contributed by atoms with Gasteiger partial charge in [-0.2, -0.15) is 11.3 Å². The Kier molecular flexibility index (Phi) is 5.89. The molecule has 0 bridgehead atoms. The molecule has 0 unspecified atom stereocenters. The molecular formula is C16H21NO2S. The van der Waals surface area contributed by atoms with Crippen molar-refractivity contribution in [2.45, 2.75) is 19.9 Å². The van der Waals surface area contributed by atoms with E-state index in [9.17, 15) is 0 Å². The lowest BCUT2D eigenvalue weighted by atomic mass is 10.2. The summed E-state index contributed by atoms with van der Waals surface area (Å²) in [7, 11) is 1.68. The summed E-state index contributed by atoms with van der Waals surface area (Å²) < 4.78 is 11.2. The van der Waals surface area contributed by atoms with E-state index < -0.39 is 0 Å². The van der Waals surface area contributed by atoms with Gasteiger partial charge in [0.25, 0.3) is 0 Å². The number of hydrogen-bond acceptors (Lipinski definition) is 4. The molecule has 0 amide bonds. The third-order valence-corrected chi connectivity index (χ3v) is 3.80. The highest BCUT2D eigenvalue weighted by molar-refractivity contribution is 7.07. The van der Waals surface area contributed by atoms with Crippen LogP contribution in [0.2, 0.25) is 0 Å². The van der Waals surface area contributed by atoms with Crippen LogP contribution < -0.4 is 14.8 Å². The summed E-state index contributed by atoms with van der Waals surface area (Å²) in [6, 6.07) is 8.12. The molecule has 0 fully saturated rings. The molecule has 0 aliphatic heterocycles. The van der Waals surface area contributed by atoms with Crippen LogP contribution in [0.25, 0.3) is 0 Å². The predicted molar refractivity (Wildman–Crippen MR) is 83.9 cm³/mol. The molecule has 1 heterocycles. The van der Waals surface area contributed by atoms with Crippen LogP contribution in [0.4, 0.5) is 0 Å². The van der Waals surface area contributed by atoms with Gasteiger partial charge in [-0.3, -0.25) is 0 Å². The summed E-state index contributed by atoms with van der Waals surface area (Å²) in [6.07, 6.45) is 0.932. The van der Waals surface area contributed by atoms with Gasteiger partial charge in [0.1, 0.15) is 11.5 Å². The Morgan fingerprint density at radius 3 is 2.85 bits per heavy atom. The topological polar surface area (TPSA) is 30.5 Å². The van der Waals surface area contributed by atoms with Gasteiger partial charge in [-0.1, -0.05) is 13.0 Å². The smallest absolute Gasteiger partial charge is 0.127 e. The fourth-order valence-corrected chi connectivity index (χ4v) is 2.62. The second-order valence-electron chi connectivity index (χ2n) is 4.48. The van der Waals surface area contributed by atoms with Gasteiger partial charge >= 0.3 is 0 Å². The third kappa shape index (κ3) is 4.25. The summed E-state index contributed by atoms with van der Waals surface area (Å²) >= 11 is 1.72. The van der Waals surface area contributed by atoms with Crippen molar-refractivity contribution in [3.63, 3.8) is 0 Å². The second-order valence-corrected chi connectivity index (χ2v) is 5.26. The van der Waals surface area contributed by atoms with Gasteiger partial charge < -0.3 is 14.8 Å². The zero-order valence-corrected chi connectivity index (χ0v) is 12.8. The van der Waals surface area contributed by atoms with Crippen LogP contribution in [0.3, 0.4) is 0 Å². The molecule has 3 nitrogen and oxygen atoms in total. The van der Waals surface area contributed by atoms with Crippen LogP contribution in [0.5, 0.6) is 11.5 Å². The monoisotopic (exact) mass is 291 g/mol. The van der Waals surface area contributed by atoms with Crippen molar-refractivity contribution >= 4 is 11.3 Å². The van der Waals surface area contributed by atoms with E-state index in [4.69, 9.17) is 9.47 Å². The van der Waals surface area contributed by atoms with Crippen molar-refractivity contribution in [1.29, 1.82) is 0 Å². The largest absolute Gasteiger partial charge is 0.497 e. The lowest BCUT2D eigenvalue weighted by molar-refractivity contribution is 0.315. The molecule has 1 aromatic heterocycles. The normalized spacial score (nSPS) is 10.5. The number of thiophene rings is 1. The first kappa shape index (κ1) is 14.9. The average molecular weight is 291 g/mol. The SMILES string of the molecule is CCNCc1ccc(OC)cc1OCCc1ccsc1. The van der Waals surface area contributed by atoms with E-state index in [2.05, 4.69) is 35.1 Å². The zero-order chi connectivity index (χ0) is 14.2. The minimum absolute atomic E-state index is 0.684. The quantitative estimate of drug-likeness (QED) is 0.807. The van der Waals surface area contributed by atoms with Crippen LogP contribution in [-0.4, -0.2) is 20.3 Å². The number of ether oxygens (including phenoxy) is 2. The molecule has 2 rings (SSSR count). The van der Waals surface area contributed by atoms with E-state index in [1.165, 1.54) is 5.56 Å². The minimum Gasteiger partial charge on any atom is -0.497 e. The number of methoxy groups -OCH3 is 1. The summed E-state index contributed by atoms with van der Waals surface area (Å²) in [6.45, 7) is 4.54. The highest BCUT2D eigenvalue weighted by Gasteiger charge is 2.06. The summed E-state index contributed by atoms with van der Waals surface area (Å²) in [5.74, 6) is 1.73. The summed E-state index contributed by atoms with van der Waals surface area (Å²) in [4.78, 5) is 0. The van der Waals surface area contributed by atoms with Gasteiger partial charge in [-0.05, 0) is 35.0 Å². The zero-order valence-electron chi connectivity index (χ0n) is 12.0. The first-order valence-electron chi connectivity index (χ1n) is 6.85. The van der Waals surface area contributed by atoms with E-state index in [-0.39, 0.29) is 0 Å². The Morgan fingerprint density at radius 1 is 1.25 bits per heavy atom. The Bertz CT molecular complexity index is 511. The molecular weight excluding hydrogens is 270 g/mol. The fourth-order valence-electron chi connectivity index (χ4n) is 1.92. The average Bonchev–Trinajstić information content (AvgIpc) is 2.99. The van der Waals surface area contributed by atoms with Gasteiger partial charge in [0.2, 0.25) is 0 Å². The van der Waals surface area contributed by atoms with Crippen LogP contribution >= 0.6 is 11.3 Å². The molecule has 0 aliphatic carbocycles. The molecule has 0 saturated carbocycles. The van der Waals surface area contributed by atoms with Crippen LogP contribution in [0.1, 0.15) is 18.1 Å². The van der Waals surface area contributed by atoms with Gasteiger partial charge in [0.15, 0.2) is 0 Å². The van der Waals surface area contributed by atoms with Crippen molar-refractivity contribution in [1.82, 2.24) is 5.32 Å². The van der Waals surface area contributed by atoms with E-state index in [0.717, 1.165) is 36.6 Å². The van der Waals surface area contributed by atoms with E-state index in [1.54, 1.807) is 18.4 Å². The Labute approximate surface area is 124 Å². The first-order chi connectivity index (χ1) is 9.83. The summed E-state index contributed by atoms with van der Waals surface area (Å²) in [5.41, 5.74) is 2.49. The fraction of sp³-hybridized carbons (Fsp3) is 0.375. The molecule has 108 valence electrons. The van der Waals surface area contributed by atoms with Gasteiger partial charge in [0, 0.05) is 24.6 Å².